The molecule has 2 atom stereocenters. The molecular weight excluding hydrogens is 136 g/mol. The third kappa shape index (κ3) is 1.57. The highest BCUT2D eigenvalue weighted by Gasteiger charge is 2.27. The maximum atomic E-state index is 3.50. The number of hydrogen-bond acceptors (Lipinski definition) is 2. The lowest BCUT2D eigenvalue weighted by Crippen LogP contribution is -2.34. The van der Waals surface area contributed by atoms with E-state index >= 15 is 0 Å². The largest absolute Gasteiger partial charge is 0.313 e. The lowest BCUT2D eigenvalue weighted by molar-refractivity contribution is 0.256. The summed E-state index contributed by atoms with van der Waals surface area (Å²) in [5, 5.41) is 3.50. The van der Waals surface area contributed by atoms with Crippen molar-refractivity contribution < 1.29 is 0 Å². The molecule has 2 heteroatoms. The van der Waals surface area contributed by atoms with Gasteiger partial charge in [0.05, 0.1) is 0 Å². The maximum Gasteiger partial charge on any atom is 0.0235 e. The van der Waals surface area contributed by atoms with Crippen molar-refractivity contribution in [2.45, 2.75) is 38.3 Å². The summed E-state index contributed by atoms with van der Waals surface area (Å²) in [6.07, 6.45) is 4.20. The zero-order chi connectivity index (χ0) is 7.68. The summed E-state index contributed by atoms with van der Waals surface area (Å²) in [6, 6.07) is 1.60. The Morgan fingerprint density at radius 1 is 1.27 bits per heavy atom. The van der Waals surface area contributed by atoms with Crippen molar-refractivity contribution in [3.05, 3.63) is 0 Å². The Morgan fingerprint density at radius 3 is 2.55 bits per heavy atom. The first kappa shape index (κ1) is 7.56. The summed E-state index contributed by atoms with van der Waals surface area (Å²) in [7, 11) is 0. The molecule has 2 nitrogen and oxygen atoms in total. The van der Waals surface area contributed by atoms with Crippen molar-refractivity contribution >= 4 is 0 Å². The van der Waals surface area contributed by atoms with Gasteiger partial charge in [0.25, 0.3) is 0 Å². The van der Waals surface area contributed by atoms with E-state index in [0.717, 1.165) is 12.1 Å². The molecule has 0 aromatic carbocycles. The highest BCUT2D eigenvalue weighted by atomic mass is 15.2. The fourth-order valence-corrected chi connectivity index (χ4v) is 2.30. The Labute approximate surface area is 69.0 Å². The van der Waals surface area contributed by atoms with Gasteiger partial charge in [0.1, 0.15) is 0 Å². The third-order valence-corrected chi connectivity index (χ3v) is 2.98. The van der Waals surface area contributed by atoms with Crippen molar-refractivity contribution in [2.24, 2.45) is 0 Å². The van der Waals surface area contributed by atoms with Gasteiger partial charge in [-0.25, -0.2) is 0 Å². The van der Waals surface area contributed by atoms with Crippen LogP contribution in [0.15, 0.2) is 0 Å². The summed E-state index contributed by atoms with van der Waals surface area (Å²) in [5.41, 5.74) is 0. The van der Waals surface area contributed by atoms with E-state index in [4.69, 9.17) is 0 Å². The van der Waals surface area contributed by atoms with E-state index in [0.29, 0.717) is 0 Å². The third-order valence-electron chi connectivity index (χ3n) is 2.98. The van der Waals surface area contributed by atoms with Crippen LogP contribution in [0.25, 0.3) is 0 Å². The number of hydrogen-bond donors (Lipinski definition) is 1. The van der Waals surface area contributed by atoms with Crippen LogP contribution in [-0.4, -0.2) is 36.6 Å². The molecule has 0 amide bonds. The topological polar surface area (TPSA) is 15.3 Å². The van der Waals surface area contributed by atoms with Crippen LogP contribution in [0.1, 0.15) is 26.2 Å². The maximum absolute atomic E-state index is 3.50. The molecule has 0 saturated carbocycles. The summed E-state index contributed by atoms with van der Waals surface area (Å²) >= 11 is 0. The van der Waals surface area contributed by atoms with Crippen LogP contribution >= 0.6 is 0 Å². The Morgan fingerprint density at radius 2 is 2.00 bits per heavy atom. The Hall–Kier alpha value is -0.0800. The van der Waals surface area contributed by atoms with Crippen molar-refractivity contribution in [3.8, 4) is 0 Å². The van der Waals surface area contributed by atoms with Gasteiger partial charge in [-0.2, -0.15) is 0 Å². The molecule has 0 aliphatic carbocycles. The molecule has 64 valence electrons. The molecule has 0 unspecified atom stereocenters. The SMILES string of the molecule is C[C@H]1C[C@H](N2CCCC2)CN1. The monoisotopic (exact) mass is 154 g/mol. The predicted octanol–water partition coefficient (Wildman–Crippen LogP) is 0.833. The summed E-state index contributed by atoms with van der Waals surface area (Å²) < 4.78 is 0. The Balaban J connectivity index is 1.85. The van der Waals surface area contributed by atoms with Gasteiger partial charge >= 0.3 is 0 Å². The second kappa shape index (κ2) is 3.11. The molecule has 1 N–H and O–H groups in total. The zero-order valence-electron chi connectivity index (χ0n) is 7.34. The van der Waals surface area contributed by atoms with Crippen molar-refractivity contribution in [1.29, 1.82) is 0 Å². The summed E-state index contributed by atoms with van der Waals surface area (Å²) in [6.45, 7) is 6.20. The van der Waals surface area contributed by atoms with E-state index in [-0.39, 0.29) is 0 Å². The average Bonchev–Trinajstić information content (AvgIpc) is 2.55. The van der Waals surface area contributed by atoms with Gasteiger partial charge in [-0.15, -0.1) is 0 Å². The summed E-state index contributed by atoms with van der Waals surface area (Å²) in [5.74, 6) is 0. The zero-order valence-corrected chi connectivity index (χ0v) is 7.34. The van der Waals surface area contributed by atoms with E-state index in [2.05, 4.69) is 17.1 Å². The van der Waals surface area contributed by atoms with Crippen LogP contribution in [0.2, 0.25) is 0 Å². The van der Waals surface area contributed by atoms with Crippen LogP contribution in [0.3, 0.4) is 0 Å². The molecular formula is C9H18N2. The van der Waals surface area contributed by atoms with Crippen LogP contribution < -0.4 is 5.32 Å². The van der Waals surface area contributed by atoms with E-state index < -0.39 is 0 Å². The van der Waals surface area contributed by atoms with Gasteiger partial charge in [-0.05, 0) is 39.3 Å². The minimum Gasteiger partial charge on any atom is -0.313 e. The van der Waals surface area contributed by atoms with Crippen LogP contribution in [0.5, 0.6) is 0 Å². The average molecular weight is 154 g/mol. The van der Waals surface area contributed by atoms with E-state index in [1.807, 2.05) is 0 Å². The van der Waals surface area contributed by atoms with Crippen LogP contribution in [-0.2, 0) is 0 Å². The van der Waals surface area contributed by atoms with Gasteiger partial charge < -0.3 is 5.32 Å². The molecule has 2 aliphatic heterocycles. The number of nitrogens with zero attached hydrogens (tertiary/aromatic N) is 1. The van der Waals surface area contributed by atoms with Gasteiger partial charge in [-0.1, -0.05) is 0 Å². The lowest BCUT2D eigenvalue weighted by Gasteiger charge is -2.21. The highest BCUT2D eigenvalue weighted by molar-refractivity contribution is 4.87. The molecule has 0 bridgehead atoms. The second-order valence-electron chi connectivity index (χ2n) is 3.94. The molecule has 11 heavy (non-hydrogen) atoms. The standard InChI is InChI=1S/C9H18N2/c1-8-6-9(7-10-8)11-4-2-3-5-11/h8-10H,2-7H2,1H3/t8-,9-/m0/s1. The fraction of sp³-hybridized carbons (Fsp3) is 1.00. The smallest absolute Gasteiger partial charge is 0.0235 e. The van der Waals surface area contributed by atoms with Gasteiger partial charge in [0.2, 0.25) is 0 Å². The van der Waals surface area contributed by atoms with Crippen LogP contribution in [0.4, 0.5) is 0 Å². The van der Waals surface area contributed by atoms with Crippen molar-refractivity contribution in [2.75, 3.05) is 19.6 Å². The number of likely N-dealkylation sites (tertiary alicyclic amines) is 1. The molecule has 0 aromatic rings. The Bertz CT molecular complexity index is 130. The minimum absolute atomic E-state index is 0.751. The first-order valence-corrected chi connectivity index (χ1v) is 4.83. The molecule has 2 aliphatic rings. The molecule has 2 saturated heterocycles. The van der Waals surface area contributed by atoms with Gasteiger partial charge in [-0.3, -0.25) is 4.90 Å². The van der Waals surface area contributed by atoms with E-state index in [1.54, 1.807) is 0 Å². The van der Waals surface area contributed by atoms with Gasteiger partial charge in [0, 0.05) is 18.6 Å². The molecule has 0 radical (unpaired) electrons. The number of nitrogens with one attached hydrogen (secondary N) is 1. The highest BCUT2D eigenvalue weighted by Crippen LogP contribution is 2.18. The first-order chi connectivity index (χ1) is 5.36. The van der Waals surface area contributed by atoms with E-state index in [9.17, 15) is 0 Å². The number of rotatable bonds is 1. The van der Waals surface area contributed by atoms with E-state index in [1.165, 1.54) is 38.9 Å². The quantitative estimate of drug-likeness (QED) is 0.602. The molecule has 0 aromatic heterocycles. The predicted molar refractivity (Wildman–Crippen MR) is 46.7 cm³/mol. The normalized spacial score (nSPS) is 40.1. The second-order valence-corrected chi connectivity index (χ2v) is 3.94. The lowest BCUT2D eigenvalue weighted by atomic mass is 10.2. The molecule has 2 rings (SSSR count). The molecule has 2 heterocycles. The molecule has 2 fully saturated rings. The first-order valence-electron chi connectivity index (χ1n) is 4.83. The summed E-state index contributed by atoms with van der Waals surface area (Å²) in [4.78, 5) is 2.65. The van der Waals surface area contributed by atoms with Gasteiger partial charge in [0.15, 0.2) is 0 Å². The van der Waals surface area contributed by atoms with Crippen LogP contribution in [0, 0.1) is 0 Å². The van der Waals surface area contributed by atoms with Crippen molar-refractivity contribution in [1.82, 2.24) is 10.2 Å². The molecule has 0 spiro atoms. The fourth-order valence-electron chi connectivity index (χ4n) is 2.30. The van der Waals surface area contributed by atoms with Crippen molar-refractivity contribution in [3.63, 3.8) is 0 Å². The Kier molecular flexibility index (Phi) is 2.14. The minimum atomic E-state index is 0.751.